The van der Waals surface area contributed by atoms with E-state index in [-0.39, 0.29) is 48.2 Å². The highest BCUT2D eigenvalue weighted by atomic mass is 35.5. The Morgan fingerprint density at radius 3 is 2.62 bits per heavy atom. The van der Waals surface area contributed by atoms with E-state index in [1.54, 1.807) is 12.1 Å². The van der Waals surface area contributed by atoms with Crippen molar-refractivity contribution in [3.8, 4) is 5.75 Å². The molecule has 5 N–H and O–H groups in total. The number of carbonyl (C=O) groups is 2. The van der Waals surface area contributed by atoms with Crippen molar-refractivity contribution in [2.24, 2.45) is 0 Å². The number of amides is 2. The quantitative estimate of drug-likeness (QED) is 0.322. The van der Waals surface area contributed by atoms with Gasteiger partial charge in [0.1, 0.15) is 11.3 Å². The minimum Gasteiger partial charge on any atom is -0.497 e. The summed E-state index contributed by atoms with van der Waals surface area (Å²) < 4.78 is 50.9. The Labute approximate surface area is 226 Å². The van der Waals surface area contributed by atoms with Crippen molar-refractivity contribution in [1.29, 1.82) is 0 Å². The zero-order chi connectivity index (χ0) is 28.2. The van der Waals surface area contributed by atoms with Gasteiger partial charge >= 0.3 is 6.18 Å². The summed E-state index contributed by atoms with van der Waals surface area (Å²) in [7, 11) is 1.28. The van der Waals surface area contributed by atoms with Crippen molar-refractivity contribution in [1.82, 2.24) is 15.6 Å². The molecule has 1 fully saturated rings. The number of benzene rings is 2. The van der Waals surface area contributed by atoms with Crippen LogP contribution in [0.1, 0.15) is 27.9 Å². The van der Waals surface area contributed by atoms with Crippen LogP contribution in [0.5, 0.6) is 5.75 Å². The van der Waals surface area contributed by atoms with Crippen LogP contribution in [0.25, 0.3) is 0 Å². The fraction of sp³-hybridized carbons (Fsp3) is 0.269. The van der Waals surface area contributed by atoms with E-state index in [1.165, 1.54) is 43.8 Å². The molecule has 39 heavy (non-hydrogen) atoms. The predicted molar refractivity (Wildman–Crippen MR) is 139 cm³/mol. The van der Waals surface area contributed by atoms with Crippen LogP contribution in [0, 0.1) is 0 Å². The average Bonchev–Trinajstić information content (AvgIpc) is 3.37. The molecule has 1 unspecified atom stereocenters. The van der Waals surface area contributed by atoms with Gasteiger partial charge in [-0.05, 0) is 42.0 Å². The van der Waals surface area contributed by atoms with Gasteiger partial charge in [-0.2, -0.15) is 13.2 Å². The summed E-state index contributed by atoms with van der Waals surface area (Å²) >= 11 is 6.38. The Hall–Kier alpha value is -4.03. The van der Waals surface area contributed by atoms with Gasteiger partial charge in [-0.25, -0.2) is 0 Å². The van der Waals surface area contributed by atoms with E-state index >= 15 is 0 Å². The molecule has 0 spiro atoms. The van der Waals surface area contributed by atoms with Gasteiger partial charge in [-0.1, -0.05) is 17.7 Å². The summed E-state index contributed by atoms with van der Waals surface area (Å²) in [6.45, 7) is 0.251. The number of rotatable bonds is 8. The summed E-state index contributed by atoms with van der Waals surface area (Å²) in [5.74, 6) is -0.930. The molecule has 1 atom stereocenters. The molecule has 1 aliphatic heterocycles. The molecule has 2 aromatic carbocycles. The van der Waals surface area contributed by atoms with Gasteiger partial charge in [0.15, 0.2) is 0 Å². The van der Waals surface area contributed by atoms with Crippen LogP contribution in [0.3, 0.4) is 0 Å². The maximum absolute atomic E-state index is 13.5. The lowest BCUT2D eigenvalue weighted by atomic mass is 9.96. The van der Waals surface area contributed by atoms with Crippen LogP contribution >= 0.6 is 11.6 Å². The number of hydrogen-bond acceptors (Lipinski definition) is 7. The van der Waals surface area contributed by atoms with E-state index in [1.807, 2.05) is 0 Å². The number of nitrogen functional groups attached to an aromatic ring is 1. The molecule has 206 valence electrons. The molecule has 9 nitrogen and oxygen atoms in total. The number of methoxy groups -OCH3 is 1. The molecule has 1 aliphatic rings. The van der Waals surface area contributed by atoms with Gasteiger partial charge in [0.2, 0.25) is 5.91 Å². The Balaban J connectivity index is 1.45. The highest BCUT2D eigenvalue weighted by molar-refractivity contribution is 6.31. The van der Waals surface area contributed by atoms with E-state index in [0.717, 1.165) is 6.07 Å². The van der Waals surface area contributed by atoms with Crippen molar-refractivity contribution < 1.29 is 32.2 Å². The Morgan fingerprint density at radius 1 is 1.18 bits per heavy atom. The number of halogens is 4. The first-order chi connectivity index (χ1) is 18.5. The van der Waals surface area contributed by atoms with Crippen molar-refractivity contribution in [2.45, 2.75) is 24.7 Å². The van der Waals surface area contributed by atoms with Gasteiger partial charge in [-0.3, -0.25) is 14.6 Å². The SMILES string of the molecule is COc1ccc(Nc2ccc(CNC(=O)C3(NC(=O)c4cncc(N)c4)CCOC3)c(Cl)c2)c(C(F)(F)F)c1. The average molecular weight is 564 g/mol. The number of anilines is 3. The van der Waals surface area contributed by atoms with Crippen molar-refractivity contribution in [3.05, 3.63) is 76.6 Å². The Bertz CT molecular complexity index is 1380. The second-order valence-electron chi connectivity index (χ2n) is 8.87. The van der Waals surface area contributed by atoms with E-state index < -0.39 is 29.1 Å². The summed E-state index contributed by atoms with van der Waals surface area (Å²) in [5.41, 5.74) is 4.66. The van der Waals surface area contributed by atoms with E-state index in [2.05, 4.69) is 20.9 Å². The minimum atomic E-state index is -4.61. The van der Waals surface area contributed by atoms with Crippen LogP contribution in [0.2, 0.25) is 5.02 Å². The zero-order valence-electron chi connectivity index (χ0n) is 20.7. The Kier molecular flexibility index (Phi) is 8.17. The number of pyridine rings is 1. The zero-order valence-corrected chi connectivity index (χ0v) is 21.4. The Morgan fingerprint density at radius 2 is 1.97 bits per heavy atom. The first kappa shape index (κ1) is 28.0. The predicted octanol–water partition coefficient (Wildman–Crippen LogP) is 4.29. The third-order valence-corrected chi connectivity index (χ3v) is 6.49. The molecular formula is C26H25ClF3N5O4. The minimum absolute atomic E-state index is 0.00570. The third kappa shape index (κ3) is 6.52. The molecule has 0 radical (unpaired) electrons. The van der Waals surface area contributed by atoms with Crippen molar-refractivity contribution >= 4 is 40.5 Å². The van der Waals surface area contributed by atoms with E-state index in [4.69, 9.17) is 26.8 Å². The lowest BCUT2D eigenvalue weighted by molar-refractivity contribution is -0.137. The molecule has 2 amide bonds. The first-order valence-corrected chi connectivity index (χ1v) is 12.1. The summed E-state index contributed by atoms with van der Waals surface area (Å²) in [4.78, 5) is 29.8. The number of carbonyl (C=O) groups excluding carboxylic acids is 2. The summed E-state index contributed by atoms with van der Waals surface area (Å²) in [6.07, 6.45) is -1.62. The number of nitrogens with one attached hydrogen (secondary N) is 3. The maximum Gasteiger partial charge on any atom is 0.418 e. The van der Waals surface area contributed by atoms with Crippen LogP contribution < -0.4 is 26.4 Å². The van der Waals surface area contributed by atoms with Gasteiger partial charge in [0.05, 0.1) is 36.2 Å². The van der Waals surface area contributed by atoms with Crippen molar-refractivity contribution in [3.63, 3.8) is 0 Å². The van der Waals surface area contributed by atoms with Crippen LogP contribution in [0.4, 0.5) is 30.2 Å². The first-order valence-electron chi connectivity index (χ1n) is 11.7. The van der Waals surface area contributed by atoms with Gasteiger partial charge in [0.25, 0.3) is 5.91 Å². The topological polar surface area (TPSA) is 128 Å². The maximum atomic E-state index is 13.5. The number of aromatic nitrogens is 1. The second kappa shape index (κ2) is 11.4. The highest BCUT2D eigenvalue weighted by Gasteiger charge is 2.44. The van der Waals surface area contributed by atoms with Crippen LogP contribution in [-0.2, 0) is 22.3 Å². The number of nitrogens with two attached hydrogens (primary N) is 1. The fourth-order valence-electron chi connectivity index (χ4n) is 4.03. The molecule has 0 bridgehead atoms. The fourth-order valence-corrected chi connectivity index (χ4v) is 4.28. The van der Waals surface area contributed by atoms with Crippen molar-refractivity contribution in [2.75, 3.05) is 31.4 Å². The third-order valence-electron chi connectivity index (χ3n) is 6.13. The molecule has 1 saturated heterocycles. The van der Waals surface area contributed by atoms with Crippen LogP contribution in [-0.4, -0.2) is 42.7 Å². The molecule has 3 aromatic rings. The van der Waals surface area contributed by atoms with Gasteiger partial charge in [0, 0.05) is 42.7 Å². The molecule has 13 heteroatoms. The highest BCUT2D eigenvalue weighted by Crippen LogP contribution is 2.38. The lowest BCUT2D eigenvalue weighted by Crippen LogP contribution is -2.59. The molecule has 0 aliphatic carbocycles. The number of ether oxygens (including phenoxy) is 2. The number of nitrogens with zero attached hydrogens (tertiary/aromatic N) is 1. The monoisotopic (exact) mass is 563 g/mol. The molecule has 4 rings (SSSR count). The van der Waals surface area contributed by atoms with Crippen LogP contribution in [0.15, 0.2) is 54.9 Å². The summed E-state index contributed by atoms with van der Waals surface area (Å²) in [6, 6.07) is 9.60. The van der Waals surface area contributed by atoms with Gasteiger partial charge < -0.3 is 31.2 Å². The number of alkyl halides is 3. The largest absolute Gasteiger partial charge is 0.497 e. The standard InChI is InChI=1S/C26H25ClF3N5O4/c1-38-19-4-5-22(20(10-19)26(28,29)30)34-18-3-2-15(21(27)9-18)12-33-24(37)25(6-7-39-14-25)35-23(36)16-8-17(31)13-32-11-16/h2-5,8-11,13,34H,6-7,12,14,31H2,1H3,(H,33,37)(H,35,36). The van der Waals surface area contributed by atoms with E-state index in [9.17, 15) is 22.8 Å². The molecule has 1 aromatic heterocycles. The normalized spacial score (nSPS) is 16.9. The lowest BCUT2D eigenvalue weighted by Gasteiger charge is -2.27. The molecule has 2 heterocycles. The molecule has 0 saturated carbocycles. The van der Waals surface area contributed by atoms with E-state index in [0.29, 0.717) is 16.9 Å². The summed E-state index contributed by atoms with van der Waals surface area (Å²) in [5, 5.41) is 8.44. The number of hydrogen-bond donors (Lipinski definition) is 4. The smallest absolute Gasteiger partial charge is 0.418 e. The molecular weight excluding hydrogens is 539 g/mol. The second-order valence-corrected chi connectivity index (χ2v) is 9.28. The van der Waals surface area contributed by atoms with Gasteiger partial charge in [-0.15, -0.1) is 0 Å².